The molecular weight excluding hydrogens is 368 g/mol. The molecule has 1 saturated heterocycles. The lowest BCUT2D eigenvalue weighted by molar-refractivity contribution is -0.143. The Bertz CT molecular complexity index is 858. The van der Waals surface area contributed by atoms with Crippen LogP contribution in [0.4, 0.5) is 20.2 Å². The zero-order valence-electron chi connectivity index (χ0n) is 15.5. The van der Waals surface area contributed by atoms with Crippen molar-refractivity contribution in [3.8, 4) is 5.75 Å². The molecule has 2 amide bonds. The van der Waals surface area contributed by atoms with Crippen LogP contribution in [0.1, 0.15) is 6.42 Å². The second-order valence-electron chi connectivity index (χ2n) is 6.41. The van der Waals surface area contributed by atoms with Crippen molar-refractivity contribution in [2.75, 3.05) is 43.5 Å². The molecule has 0 bridgehead atoms. The van der Waals surface area contributed by atoms with Crippen LogP contribution in [0.15, 0.2) is 42.5 Å². The Morgan fingerprint density at radius 1 is 1.00 bits per heavy atom. The van der Waals surface area contributed by atoms with Gasteiger partial charge in [-0.2, -0.15) is 0 Å². The number of nitrogens with zero attached hydrogens (tertiary/aromatic N) is 2. The van der Waals surface area contributed by atoms with Gasteiger partial charge in [0.15, 0.2) is 0 Å². The Kier molecular flexibility index (Phi) is 6.08. The minimum atomic E-state index is -0.941. The van der Waals surface area contributed by atoms with Gasteiger partial charge in [0, 0.05) is 37.9 Å². The summed E-state index contributed by atoms with van der Waals surface area (Å²) in [4.78, 5) is 28.2. The third-order valence-corrected chi connectivity index (χ3v) is 4.59. The predicted molar refractivity (Wildman–Crippen MR) is 101 cm³/mol. The van der Waals surface area contributed by atoms with Crippen molar-refractivity contribution < 1.29 is 23.1 Å². The summed E-state index contributed by atoms with van der Waals surface area (Å²) in [6.07, 6.45) is 0.690. The molecule has 1 aliphatic heterocycles. The molecule has 28 heavy (non-hydrogen) atoms. The second-order valence-corrected chi connectivity index (χ2v) is 6.41. The molecule has 2 aromatic rings. The number of ether oxygens (including phenoxy) is 1. The molecule has 1 aliphatic rings. The molecule has 1 heterocycles. The first kappa shape index (κ1) is 19.6. The summed E-state index contributed by atoms with van der Waals surface area (Å²) in [6.45, 7) is 2.09. The number of anilines is 2. The summed E-state index contributed by atoms with van der Waals surface area (Å²) >= 11 is 0. The molecular formula is C20H21F2N3O3. The molecule has 0 aliphatic carbocycles. The number of carbonyl (C=O) groups excluding carboxylic acids is 2. The summed E-state index contributed by atoms with van der Waals surface area (Å²) in [5.41, 5.74) is 0.780. The molecule has 0 spiro atoms. The highest BCUT2D eigenvalue weighted by Gasteiger charge is 2.25. The number of hydrogen-bond donors (Lipinski definition) is 1. The summed E-state index contributed by atoms with van der Waals surface area (Å²) in [7, 11) is 1.60. The molecule has 0 aromatic heterocycles. The lowest BCUT2D eigenvalue weighted by Gasteiger charge is -2.23. The van der Waals surface area contributed by atoms with Crippen molar-refractivity contribution >= 4 is 23.2 Å². The lowest BCUT2D eigenvalue weighted by atomic mass is 10.2. The molecule has 0 saturated carbocycles. The summed E-state index contributed by atoms with van der Waals surface area (Å²) in [5, 5.41) is 2.21. The van der Waals surface area contributed by atoms with E-state index in [0.29, 0.717) is 32.1 Å². The molecule has 0 atom stereocenters. The van der Waals surface area contributed by atoms with Gasteiger partial charge in [-0.15, -0.1) is 0 Å². The molecule has 0 radical (unpaired) electrons. The normalized spacial score (nSPS) is 14.4. The fraction of sp³-hybridized carbons (Fsp3) is 0.300. The number of hydrogen-bond acceptors (Lipinski definition) is 4. The van der Waals surface area contributed by atoms with Gasteiger partial charge in [-0.05, 0) is 42.8 Å². The molecule has 148 valence electrons. The van der Waals surface area contributed by atoms with E-state index in [0.717, 1.165) is 30.1 Å². The van der Waals surface area contributed by atoms with Crippen LogP contribution in [0.5, 0.6) is 5.75 Å². The Balaban J connectivity index is 1.60. The Labute approximate surface area is 161 Å². The highest BCUT2D eigenvalue weighted by molar-refractivity contribution is 6.39. The number of benzene rings is 2. The van der Waals surface area contributed by atoms with E-state index in [9.17, 15) is 18.4 Å². The monoisotopic (exact) mass is 389 g/mol. The largest absolute Gasteiger partial charge is 0.497 e. The third-order valence-electron chi connectivity index (χ3n) is 4.59. The van der Waals surface area contributed by atoms with Crippen molar-refractivity contribution in [2.24, 2.45) is 0 Å². The number of halogens is 2. The maximum atomic E-state index is 13.7. The maximum Gasteiger partial charge on any atom is 0.313 e. The predicted octanol–water partition coefficient (Wildman–Crippen LogP) is 2.65. The highest BCUT2D eigenvalue weighted by Crippen LogP contribution is 2.21. The van der Waals surface area contributed by atoms with Gasteiger partial charge in [-0.25, -0.2) is 8.78 Å². The second kappa shape index (κ2) is 8.69. The fourth-order valence-corrected chi connectivity index (χ4v) is 3.08. The molecule has 0 unspecified atom stereocenters. The van der Waals surface area contributed by atoms with Crippen LogP contribution in [0.3, 0.4) is 0 Å². The topological polar surface area (TPSA) is 61.9 Å². The smallest absolute Gasteiger partial charge is 0.313 e. The SMILES string of the molecule is COc1ccc(N2CCCN(C(=O)C(=O)Nc3ccc(F)cc3F)CC2)cc1. The first-order valence-electron chi connectivity index (χ1n) is 8.92. The van der Waals surface area contributed by atoms with Gasteiger partial charge >= 0.3 is 11.8 Å². The number of rotatable bonds is 3. The van der Waals surface area contributed by atoms with E-state index >= 15 is 0 Å². The fourth-order valence-electron chi connectivity index (χ4n) is 3.08. The van der Waals surface area contributed by atoms with Gasteiger partial charge in [0.1, 0.15) is 17.4 Å². The zero-order valence-corrected chi connectivity index (χ0v) is 15.5. The molecule has 1 N–H and O–H groups in total. The summed E-state index contributed by atoms with van der Waals surface area (Å²) < 4.78 is 31.8. The standard InChI is InChI=1S/C20H21F2N3O3/c1-28-16-6-4-15(5-7-16)24-9-2-10-25(12-11-24)20(27)19(26)23-18-8-3-14(21)13-17(18)22/h3-8,13H,2,9-12H2,1H3,(H,23,26). The molecule has 8 heteroatoms. The van der Waals surface area contributed by atoms with Crippen LogP contribution in [-0.4, -0.2) is 50.0 Å². The van der Waals surface area contributed by atoms with Gasteiger partial charge < -0.3 is 19.9 Å². The van der Waals surface area contributed by atoms with Crippen LogP contribution < -0.4 is 15.0 Å². The minimum Gasteiger partial charge on any atom is -0.497 e. The number of methoxy groups -OCH3 is 1. The van der Waals surface area contributed by atoms with Crippen LogP contribution in [0, 0.1) is 11.6 Å². The number of carbonyl (C=O) groups is 2. The first-order chi connectivity index (χ1) is 13.5. The molecule has 2 aromatic carbocycles. The van der Waals surface area contributed by atoms with Crippen LogP contribution >= 0.6 is 0 Å². The van der Waals surface area contributed by atoms with E-state index in [1.165, 1.54) is 4.90 Å². The van der Waals surface area contributed by atoms with Crippen molar-refractivity contribution in [2.45, 2.75) is 6.42 Å². The Morgan fingerprint density at radius 2 is 1.75 bits per heavy atom. The summed E-state index contributed by atoms with van der Waals surface area (Å²) in [6, 6.07) is 10.4. The average Bonchev–Trinajstić information content (AvgIpc) is 2.96. The van der Waals surface area contributed by atoms with E-state index in [1.807, 2.05) is 24.3 Å². The van der Waals surface area contributed by atoms with E-state index in [1.54, 1.807) is 7.11 Å². The van der Waals surface area contributed by atoms with Crippen LogP contribution in [0.25, 0.3) is 0 Å². The van der Waals surface area contributed by atoms with Crippen LogP contribution in [0.2, 0.25) is 0 Å². The number of amides is 2. The van der Waals surface area contributed by atoms with Crippen LogP contribution in [-0.2, 0) is 9.59 Å². The molecule has 3 rings (SSSR count). The van der Waals surface area contributed by atoms with Gasteiger partial charge in [0.25, 0.3) is 0 Å². The maximum absolute atomic E-state index is 13.7. The van der Waals surface area contributed by atoms with Gasteiger partial charge in [0.2, 0.25) is 0 Å². The van der Waals surface area contributed by atoms with Crippen molar-refractivity contribution in [1.82, 2.24) is 4.90 Å². The highest BCUT2D eigenvalue weighted by atomic mass is 19.1. The Hall–Kier alpha value is -3.16. The molecule has 1 fully saturated rings. The summed E-state index contributed by atoms with van der Waals surface area (Å²) in [5.74, 6) is -2.60. The van der Waals surface area contributed by atoms with E-state index in [2.05, 4.69) is 10.2 Å². The minimum absolute atomic E-state index is 0.227. The quantitative estimate of drug-likeness (QED) is 0.820. The Morgan fingerprint density at radius 3 is 2.43 bits per heavy atom. The van der Waals surface area contributed by atoms with Crippen molar-refractivity contribution in [3.05, 3.63) is 54.1 Å². The van der Waals surface area contributed by atoms with Gasteiger partial charge in [-0.3, -0.25) is 9.59 Å². The molecule has 6 nitrogen and oxygen atoms in total. The average molecular weight is 389 g/mol. The third kappa shape index (κ3) is 4.57. The van der Waals surface area contributed by atoms with E-state index in [-0.39, 0.29) is 5.69 Å². The van der Waals surface area contributed by atoms with Crippen molar-refractivity contribution in [3.63, 3.8) is 0 Å². The van der Waals surface area contributed by atoms with E-state index < -0.39 is 23.4 Å². The lowest BCUT2D eigenvalue weighted by Crippen LogP contribution is -2.42. The number of nitrogens with one attached hydrogen (secondary N) is 1. The zero-order chi connectivity index (χ0) is 20.1. The van der Waals surface area contributed by atoms with Gasteiger partial charge in [-0.1, -0.05) is 0 Å². The first-order valence-corrected chi connectivity index (χ1v) is 8.92. The van der Waals surface area contributed by atoms with E-state index in [4.69, 9.17) is 4.74 Å². The van der Waals surface area contributed by atoms with Gasteiger partial charge in [0.05, 0.1) is 12.8 Å². The van der Waals surface area contributed by atoms with Crippen molar-refractivity contribution in [1.29, 1.82) is 0 Å².